The monoisotopic (exact) mass is 355 g/mol. The lowest BCUT2D eigenvalue weighted by atomic mass is 10.3. The first-order chi connectivity index (χ1) is 11.4. The third kappa shape index (κ3) is 3.87. The Labute approximate surface area is 142 Å². The van der Waals surface area contributed by atoms with Crippen LogP contribution in [0.5, 0.6) is 5.75 Å². The van der Waals surface area contributed by atoms with Gasteiger partial charge in [-0.15, -0.1) is 11.8 Å². The average Bonchev–Trinajstić information content (AvgIpc) is 2.93. The molecule has 1 aromatic carbocycles. The molecule has 2 heterocycles. The predicted octanol–water partition coefficient (Wildman–Crippen LogP) is 4.13. The zero-order valence-electron chi connectivity index (χ0n) is 12.9. The first-order valence-corrected chi connectivity index (χ1v) is 8.27. The smallest absolute Gasteiger partial charge is 0.422 e. The molecule has 1 aromatic heterocycles. The zero-order chi connectivity index (χ0) is 17.2. The molecule has 0 unspecified atom stereocenters. The minimum atomic E-state index is -4.37. The first kappa shape index (κ1) is 16.8. The molecule has 128 valence electrons. The minimum absolute atomic E-state index is 0.168. The molecule has 0 aliphatic carbocycles. The van der Waals surface area contributed by atoms with Crippen molar-refractivity contribution in [1.29, 1.82) is 0 Å². The van der Waals surface area contributed by atoms with E-state index in [1.54, 1.807) is 12.3 Å². The van der Waals surface area contributed by atoms with E-state index in [1.807, 2.05) is 25.2 Å². The zero-order valence-corrected chi connectivity index (χ0v) is 13.7. The Kier molecular flexibility index (Phi) is 4.75. The summed E-state index contributed by atoms with van der Waals surface area (Å²) in [6.45, 7) is -0.583. The summed E-state index contributed by atoms with van der Waals surface area (Å²) in [5, 5.41) is 3.28. The van der Waals surface area contributed by atoms with Crippen LogP contribution in [0.1, 0.15) is 5.69 Å². The Morgan fingerprint density at radius 2 is 2.12 bits per heavy atom. The van der Waals surface area contributed by atoms with Crippen LogP contribution in [0.3, 0.4) is 0 Å². The van der Waals surface area contributed by atoms with Gasteiger partial charge < -0.3 is 15.0 Å². The Balaban J connectivity index is 1.73. The van der Waals surface area contributed by atoms with Crippen LogP contribution in [-0.4, -0.2) is 31.5 Å². The molecular weight excluding hydrogens is 339 g/mol. The van der Waals surface area contributed by atoms with Gasteiger partial charge in [-0.1, -0.05) is 6.07 Å². The van der Waals surface area contributed by atoms with Crippen LogP contribution < -0.4 is 15.0 Å². The van der Waals surface area contributed by atoms with E-state index >= 15 is 0 Å². The Hall–Kier alpha value is -2.09. The number of halogens is 3. The summed E-state index contributed by atoms with van der Waals surface area (Å²) in [5.41, 5.74) is 2.64. The molecule has 24 heavy (non-hydrogen) atoms. The number of nitrogens with one attached hydrogen (secondary N) is 1. The number of benzene rings is 1. The van der Waals surface area contributed by atoms with Gasteiger partial charge in [-0.25, -0.2) is 0 Å². The fraction of sp³-hybridized carbons (Fsp3) is 0.312. The van der Waals surface area contributed by atoms with Gasteiger partial charge in [0, 0.05) is 23.9 Å². The summed E-state index contributed by atoms with van der Waals surface area (Å²) in [5.74, 6) is 0.597. The summed E-state index contributed by atoms with van der Waals surface area (Å²) in [6.07, 6.45) is -2.81. The fourth-order valence-corrected chi connectivity index (χ4v) is 3.51. The number of pyridine rings is 1. The number of anilines is 2. The molecule has 0 saturated heterocycles. The molecule has 0 radical (unpaired) electrons. The fourth-order valence-electron chi connectivity index (χ4n) is 2.43. The van der Waals surface area contributed by atoms with Crippen LogP contribution in [0.2, 0.25) is 0 Å². The van der Waals surface area contributed by atoms with Crippen molar-refractivity contribution in [1.82, 2.24) is 4.98 Å². The second-order valence-electron chi connectivity index (χ2n) is 5.33. The van der Waals surface area contributed by atoms with E-state index < -0.39 is 12.8 Å². The van der Waals surface area contributed by atoms with Crippen LogP contribution in [0.15, 0.2) is 41.4 Å². The molecule has 8 heteroatoms. The van der Waals surface area contributed by atoms with Gasteiger partial charge in [-0.3, -0.25) is 4.98 Å². The van der Waals surface area contributed by atoms with Gasteiger partial charge in [-0.2, -0.15) is 13.2 Å². The summed E-state index contributed by atoms with van der Waals surface area (Å²) in [7, 11) is 1.99. The number of alkyl halides is 3. The molecule has 1 N–H and O–H groups in total. The Morgan fingerprint density at radius 1 is 1.29 bits per heavy atom. The van der Waals surface area contributed by atoms with Crippen molar-refractivity contribution in [2.45, 2.75) is 16.8 Å². The highest BCUT2D eigenvalue weighted by Crippen LogP contribution is 2.40. The quantitative estimate of drug-likeness (QED) is 0.816. The highest BCUT2D eigenvalue weighted by Gasteiger charge is 2.29. The highest BCUT2D eigenvalue weighted by molar-refractivity contribution is 7.98. The number of para-hydroxylation sites is 1. The first-order valence-electron chi connectivity index (χ1n) is 7.28. The van der Waals surface area contributed by atoms with Crippen LogP contribution in [0.4, 0.5) is 24.5 Å². The molecular formula is C16H16F3N3OS. The van der Waals surface area contributed by atoms with Crippen molar-refractivity contribution < 1.29 is 17.9 Å². The summed E-state index contributed by atoms with van der Waals surface area (Å²) >= 11 is 1.52. The minimum Gasteiger partial charge on any atom is -0.482 e. The van der Waals surface area contributed by atoms with Gasteiger partial charge in [0.2, 0.25) is 0 Å². The predicted molar refractivity (Wildman–Crippen MR) is 88.7 cm³/mol. The van der Waals surface area contributed by atoms with Gasteiger partial charge in [-0.05, 0) is 24.3 Å². The van der Waals surface area contributed by atoms with Crippen LogP contribution >= 0.6 is 11.8 Å². The summed E-state index contributed by atoms with van der Waals surface area (Å²) < 4.78 is 41.9. The van der Waals surface area contributed by atoms with Gasteiger partial charge in [0.25, 0.3) is 0 Å². The number of thioether (sulfide) groups is 1. The van der Waals surface area contributed by atoms with E-state index in [-0.39, 0.29) is 5.75 Å². The Morgan fingerprint density at radius 3 is 2.92 bits per heavy atom. The lowest BCUT2D eigenvalue weighted by Gasteiger charge is -2.15. The average molecular weight is 355 g/mol. The number of hydrogen-bond acceptors (Lipinski definition) is 5. The number of fused-ring (bicyclic) bond motifs is 1. The van der Waals surface area contributed by atoms with E-state index in [4.69, 9.17) is 4.74 Å². The second-order valence-corrected chi connectivity index (χ2v) is 6.34. The van der Waals surface area contributed by atoms with Crippen molar-refractivity contribution in [3.05, 3.63) is 42.2 Å². The van der Waals surface area contributed by atoms with E-state index in [0.717, 1.165) is 22.9 Å². The highest BCUT2D eigenvalue weighted by atomic mass is 32.2. The largest absolute Gasteiger partial charge is 0.482 e. The van der Waals surface area contributed by atoms with Gasteiger partial charge in [0.15, 0.2) is 6.61 Å². The van der Waals surface area contributed by atoms with E-state index in [1.165, 1.54) is 17.8 Å². The molecule has 2 aromatic rings. The molecule has 1 aliphatic heterocycles. The maximum Gasteiger partial charge on any atom is 0.422 e. The molecule has 0 spiro atoms. The number of aromatic nitrogens is 1. The maximum absolute atomic E-state index is 12.4. The van der Waals surface area contributed by atoms with Crippen molar-refractivity contribution in [3.8, 4) is 5.75 Å². The SMILES string of the molecule is CN1CNc2cccc(SCc3ncccc3OCC(F)(F)F)c21. The molecule has 4 nitrogen and oxygen atoms in total. The van der Waals surface area contributed by atoms with E-state index in [9.17, 15) is 13.2 Å². The molecule has 0 fully saturated rings. The third-order valence-corrected chi connectivity index (χ3v) is 4.55. The van der Waals surface area contributed by atoms with Crippen LogP contribution in [-0.2, 0) is 5.75 Å². The number of nitrogens with zero attached hydrogens (tertiary/aromatic N) is 2. The van der Waals surface area contributed by atoms with Gasteiger partial charge >= 0.3 is 6.18 Å². The van der Waals surface area contributed by atoms with Gasteiger partial charge in [0.1, 0.15) is 5.75 Å². The molecule has 0 amide bonds. The lowest BCUT2D eigenvalue weighted by molar-refractivity contribution is -0.153. The molecule has 0 saturated carbocycles. The number of hydrogen-bond donors (Lipinski definition) is 1. The second kappa shape index (κ2) is 6.80. The van der Waals surface area contributed by atoms with E-state index in [2.05, 4.69) is 15.2 Å². The standard InChI is InChI=1S/C16H16F3N3OS/c1-22-10-21-11-4-2-6-14(15(11)22)24-8-12-13(5-3-7-20-12)23-9-16(17,18)19/h2-7,21H,8-10H2,1H3. The van der Waals surface area contributed by atoms with Crippen molar-refractivity contribution in [2.24, 2.45) is 0 Å². The maximum atomic E-state index is 12.4. The van der Waals surface area contributed by atoms with Crippen molar-refractivity contribution >= 4 is 23.1 Å². The molecule has 1 aliphatic rings. The molecule has 0 atom stereocenters. The molecule has 0 bridgehead atoms. The lowest BCUT2D eigenvalue weighted by Crippen LogP contribution is -2.19. The van der Waals surface area contributed by atoms with E-state index in [0.29, 0.717) is 11.4 Å². The normalized spacial score (nSPS) is 13.6. The summed E-state index contributed by atoms with van der Waals surface area (Å²) in [6, 6.07) is 9.02. The van der Waals surface area contributed by atoms with Crippen LogP contribution in [0.25, 0.3) is 0 Å². The molecule has 3 rings (SSSR count). The van der Waals surface area contributed by atoms with Crippen molar-refractivity contribution in [3.63, 3.8) is 0 Å². The number of rotatable bonds is 5. The summed E-state index contributed by atoms with van der Waals surface area (Å²) in [4.78, 5) is 7.31. The van der Waals surface area contributed by atoms with Crippen LogP contribution in [0, 0.1) is 0 Å². The Bertz CT molecular complexity index is 724. The third-order valence-electron chi connectivity index (χ3n) is 3.49. The number of ether oxygens (including phenoxy) is 1. The topological polar surface area (TPSA) is 37.4 Å². The van der Waals surface area contributed by atoms with Crippen molar-refractivity contribution in [2.75, 3.05) is 30.5 Å². The van der Waals surface area contributed by atoms with Gasteiger partial charge in [0.05, 0.1) is 23.7 Å².